The molecule has 0 radical (unpaired) electrons. The van der Waals surface area contributed by atoms with E-state index in [-0.39, 0.29) is 17.0 Å². The van der Waals surface area contributed by atoms with Crippen molar-refractivity contribution in [2.24, 2.45) is 0 Å². The van der Waals surface area contributed by atoms with Crippen molar-refractivity contribution in [1.29, 1.82) is 0 Å². The molecular formula is C10H15ClN2O3. The van der Waals surface area contributed by atoms with Gasteiger partial charge in [-0.25, -0.2) is 0 Å². The number of hydrogen-bond donors (Lipinski definition) is 1. The van der Waals surface area contributed by atoms with Gasteiger partial charge in [-0.1, -0.05) is 5.16 Å². The molecule has 0 saturated carbocycles. The fourth-order valence-corrected chi connectivity index (χ4v) is 1.21. The van der Waals surface area contributed by atoms with Crippen molar-refractivity contribution in [1.82, 2.24) is 10.5 Å². The van der Waals surface area contributed by atoms with E-state index < -0.39 is 0 Å². The van der Waals surface area contributed by atoms with Crippen LogP contribution in [0.3, 0.4) is 0 Å². The van der Waals surface area contributed by atoms with Gasteiger partial charge in [0.05, 0.1) is 0 Å². The van der Waals surface area contributed by atoms with Gasteiger partial charge in [-0.05, 0) is 13.3 Å². The highest BCUT2D eigenvalue weighted by Gasteiger charge is 2.11. The van der Waals surface area contributed by atoms with Crippen LogP contribution >= 0.6 is 11.6 Å². The van der Waals surface area contributed by atoms with E-state index in [9.17, 15) is 4.79 Å². The highest BCUT2D eigenvalue weighted by molar-refractivity contribution is 6.20. The van der Waals surface area contributed by atoms with Crippen molar-refractivity contribution < 1.29 is 14.1 Å². The Kier molecular flexibility index (Phi) is 5.28. The van der Waals surface area contributed by atoms with Crippen LogP contribution in [0, 0.1) is 0 Å². The molecule has 1 unspecified atom stereocenters. The molecule has 0 aliphatic carbocycles. The van der Waals surface area contributed by atoms with Gasteiger partial charge >= 0.3 is 0 Å². The quantitative estimate of drug-likeness (QED) is 0.774. The summed E-state index contributed by atoms with van der Waals surface area (Å²) in [5.74, 6) is 0.266. The van der Waals surface area contributed by atoms with Crippen LogP contribution in [0.25, 0.3) is 0 Å². The van der Waals surface area contributed by atoms with Crippen molar-refractivity contribution >= 4 is 17.5 Å². The molecule has 0 fully saturated rings. The largest absolute Gasteiger partial charge is 0.377 e. The number of nitrogens with zero attached hydrogens (tertiary/aromatic N) is 1. The first-order valence-electron chi connectivity index (χ1n) is 5.00. The predicted octanol–water partition coefficient (Wildman–Crippen LogP) is 1.57. The lowest BCUT2D eigenvalue weighted by Crippen LogP contribution is -2.25. The lowest BCUT2D eigenvalue weighted by Gasteiger charge is -2.03. The Morgan fingerprint density at radius 2 is 2.50 bits per heavy atom. The number of carbonyl (C=O) groups is 1. The topological polar surface area (TPSA) is 64.4 Å². The zero-order valence-electron chi connectivity index (χ0n) is 9.33. The number of ether oxygens (including phenoxy) is 1. The van der Waals surface area contributed by atoms with Gasteiger partial charge in [-0.2, -0.15) is 0 Å². The molecule has 1 amide bonds. The number of halogens is 1. The maximum atomic E-state index is 11.5. The molecule has 5 nitrogen and oxygen atoms in total. The molecule has 0 bridgehead atoms. The summed E-state index contributed by atoms with van der Waals surface area (Å²) in [6.07, 6.45) is 0.718. The molecule has 0 spiro atoms. The summed E-state index contributed by atoms with van der Waals surface area (Å²) >= 11 is 5.75. The van der Waals surface area contributed by atoms with Gasteiger partial charge < -0.3 is 14.6 Å². The minimum atomic E-state index is -0.261. The highest BCUT2D eigenvalue weighted by atomic mass is 35.5. The molecule has 90 valence electrons. The average Bonchev–Trinajstić information content (AvgIpc) is 2.66. The number of methoxy groups -OCH3 is 1. The van der Waals surface area contributed by atoms with Gasteiger partial charge in [0.2, 0.25) is 0 Å². The summed E-state index contributed by atoms with van der Waals surface area (Å²) in [5.41, 5.74) is 0.259. The second-order valence-electron chi connectivity index (χ2n) is 3.44. The summed E-state index contributed by atoms with van der Waals surface area (Å²) < 4.78 is 9.74. The molecule has 16 heavy (non-hydrogen) atoms. The third-order valence-corrected chi connectivity index (χ3v) is 2.12. The Bertz CT molecular complexity index is 339. The molecule has 0 saturated heterocycles. The fourth-order valence-electron chi connectivity index (χ4n) is 1.11. The van der Waals surface area contributed by atoms with Gasteiger partial charge in [0.1, 0.15) is 6.61 Å². The minimum absolute atomic E-state index is 0.0432. The van der Waals surface area contributed by atoms with E-state index in [2.05, 4.69) is 10.5 Å². The Balaban J connectivity index is 2.40. The maximum absolute atomic E-state index is 11.5. The van der Waals surface area contributed by atoms with Gasteiger partial charge in [0.15, 0.2) is 11.5 Å². The fraction of sp³-hybridized carbons (Fsp3) is 0.600. The molecule has 0 aliphatic heterocycles. The zero-order chi connectivity index (χ0) is 12.0. The molecule has 1 N–H and O–H groups in total. The summed E-state index contributed by atoms with van der Waals surface area (Å²) in [6.45, 7) is 2.70. The lowest BCUT2D eigenvalue weighted by molar-refractivity contribution is 0.0943. The molecule has 1 atom stereocenters. The van der Waals surface area contributed by atoms with Crippen LogP contribution in [-0.4, -0.2) is 30.1 Å². The van der Waals surface area contributed by atoms with Crippen LogP contribution in [0.4, 0.5) is 0 Å². The number of rotatable bonds is 6. The molecular weight excluding hydrogens is 232 g/mol. The summed E-state index contributed by atoms with van der Waals surface area (Å²) in [4.78, 5) is 11.5. The van der Waals surface area contributed by atoms with E-state index in [1.807, 2.05) is 6.92 Å². The summed E-state index contributed by atoms with van der Waals surface area (Å²) in [5, 5.41) is 6.37. The molecule has 1 aromatic rings. The van der Waals surface area contributed by atoms with E-state index in [0.717, 1.165) is 6.42 Å². The Morgan fingerprint density at radius 1 is 1.75 bits per heavy atom. The number of amides is 1. The normalized spacial score (nSPS) is 12.4. The molecule has 1 rings (SSSR count). The van der Waals surface area contributed by atoms with E-state index in [0.29, 0.717) is 18.9 Å². The first-order chi connectivity index (χ1) is 7.63. The van der Waals surface area contributed by atoms with Crippen LogP contribution in [0.15, 0.2) is 10.6 Å². The van der Waals surface area contributed by atoms with E-state index >= 15 is 0 Å². The first kappa shape index (κ1) is 13.0. The number of nitrogens with one attached hydrogen (secondary N) is 1. The SMILES string of the molecule is COCc1cc(C(=O)NCCC(C)Cl)no1. The molecule has 1 aromatic heterocycles. The predicted molar refractivity (Wildman–Crippen MR) is 59.5 cm³/mol. The van der Waals surface area contributed by atoms with E-state index in [4.69, 9.17) is 20.9 Å². The van der Waals surface area contributed by atoms with Crippen molar-refractivity contribution in [3.05, 3.63) is 17.5 Å². The van der Waals surface area contributed by atoms with Crippen LogP contribution in [0.1, 0.15) is 29.6 Å². The van der Waals surface area contributed by atoms with Crippen LogP contribution in [0.5, 0.6) is 0 Å². The van der Waals surface area contributed by atoms with Crippen molar-refractivity contribution in [2.45, 2.75) is 25.3 Å². The second kappa shape index (κ2) is 6.50. The number of aromatic nitrogens is 1. The Morgan fingerprint density at radius 3 is 3.12 bits per heavy atom. The molecule has 6 heteroatoms. The molecule has 0 aliphatic rings. The Labute approximate surface area is 99.1 Å². The van der Waals surface area contributed by atoms with Gasteiger partial charge in [-0.15, -0.1) is 11.6 Å². The van der Waals surface area contributed by atoms with Crippen LogP contribution < -0.4 is 5.32 Å². The average molecular weight is 247 g/mol. The maximum Gasteiger partial charge on any atom is 0.273 e. The highest BCUT2D eigenvalue weighted by Crippen LogP contribution is 2.05. The summed E-state index contributed by atoms with van der Waals surface area (Å²) in [6, 6.07) is 1.56. The monoisotopic (exact) mass is 246 g/mol. The number of carbonyl (C=O) groups excluding carboxylic acids is 1. The van der Waals surface area contributed by atoms with Crippen molar-refractivity contribution in [3.8, 4) is 0 Å². The van der Waals surface area contributed by atoms with E-state index in [1.165, 1.54) is 0 Å². The number of hydrogen-bond acceptors (Lipinski definition) is 4. The minimum Gasteiger partial charge on any atom is -0.377 e. The standard InChI is InChI=1S/C10H15ClN2O3/c1-7(11)3-4-12-10(14)9-5-8(6-15-2)16-13-9/h5,7H,3-4,6H2,1-2H3,(H,12,14). The van der Waals surface area contributed by atoms with Gasteiger partial charge in [0.25, 0.3) is 5.91 Å². The van der Waals surface area contributed by atoms with Gasteiger partial charge in [0, 0.05) is 25.1 Å². The van der Waals surface area contributed by atoms with Crippen molar-refractivity contribution in [3.63, 3.8) is 0 Å². The Hall–Kier alpha value is -1.07. The van der Waals surface area contributed by atoms with Crippen molar-refractivity contribution in [2.75, 3.05) is 13.7 Å². The third-order valence-electron chi connectivity index (χ3n) is 1.91. The smallest absolute Gasteiger partial charge is 0.273 e. The van der Waals surface area contributed by atoms with Crippen LogP contribution in [0.2, 0.25) is 0 Å². The first-order valence-corrected chi connectivity index (χ1v) is 5.44. The number of alkyl halides is 1. The third kappa shape index (κ3) is 4.20. The van der Waals surface area contributed by atoms with Crippen LogP contribution in [-0.2, 0) is 11.3 Å². The summed E-state index contributed by atoms with van der Waals surface area (Å²) in [7, 11) is 1.55. The van der Waals surface area contributed by atoms with Gasteiger partial charge in [-0.3, -0.25) is 4.79 Å². The zero-order valence-corrected chi connectivity index (χ0v) is 10.1. The van der Waals surface area contributed by atoms with E-state index in [1.54, 1.807) is 13.2 Å². The molecule has 1 heterocycles. The second-order valence-corrected chi connectivity index (χ2v) is 4.18. The molecule has 0 aromatic carbocycles. The lowest BCUT2D eigenvalue weighted by atomic mass is 10.3.